The molecule has 1 aliphatic carbocycles. The van der Waals surface area contributed by atoms with E-state index in [-0.39, 0.29) is 18.4 Å². The normalized spacial score (nSPS) is 18.1. The van der Waals surface area contributed by atoms with E-state index in [1.54, 1.807) is 0 Å². The highest BCUT2D eigenvalue weighted by atomic mass is 35.5. The fourth-order valence-electron chi connectivity index (χ4n) is 2.72. The van der Waals surface area contributed by atoms with E-state index >= 15 is 0 Å². The summed E-state index contributed by atoms with van der Waals surface area (Å²) >= 11 is 1.89. The van der Waals surface area contributed by atoms with Gasteiger partial charge in [0, 0.05) is 10.9 Å². The van der Waals surface area contributed by atoms with Gasteiger partial charge in [-0.2, -0.15) is 0 Å². The molecule has 0 spiro atoms. The SMILES string of the molecule is CCSc1ccc([C@H](N)C2CCCCC2)cc1.Cl. The van der Waals surface area contributed by atoms with E-state index in [1.165, 1.54) is 42.6 Å². The second kappa shape index (κ2) is 8.08. The molecular formula is C15H24ClNS. The minimum atomic E-state index is 0. The van der Waals surface area contributed by atoms with Gasteiger partial charge >= 0.3 is 0 Å². The summed E-state index contributed by atoms with van der Waals surface area (Å²) in [4.78, 5) is 1.35. The highest BCUT2D eigenvalue weighted by Crippen LogP contribution is 2.33. The first-order chi connectivity index (χ1) is 8.31. The van der Waals surface area contributed by atoms with Crippen molar-refractivity contribution in [3.63, 3.8) is 0 Å². The average molecular weight is 286 g/mol. The standard InChI is InChI=1S/C15H23NS.ClH/c1-2-17-14-10-8-13(9-11-14)15(16)12-6-4-3-5-7-12;/h8-12,15H,2-7,16H2,1H3;1H/t15-;/m1./s1. The summed E-state index contributed by atoms with van der Waals surface area (Å²) in [6, 6.07) is 9.11. The number of rotatable bonds is 4. The molecule has 18 heavy (non-hydrogen) atoms. The quantitative estimate of drug-likeness (QED) is 0.804. The highest BCUT2D eigenvalue weighted by Gasteiger charge is 2.21. The maximum absolute atomic E-state index is 6.39. The molecule has 1 aromatic rings. The van der Waals surface area contributed by atoms with E-state index in [0.717, 1.165) is 5.75 Å². The number of hydrogen-bond acceptors (Lipinski definition) is 2. The Bertz CT molecular complexity index is 333. The van der Waals surface area contributed by atoms with Gasteiger partial charge in [-0.3, -0.25) is 0 Å². The van der Waals surface area contributed by atoms with E-state index in [0.29, 0.717) is 5.92 Å². The third-order valence-electron chi connectivity index (χ3n) is 3.73. The predicted molar refractivity (Wildman–Crippen MR) is 83.6 cm³/mol. The van der Waals surface area contributed by atoms with Crippen molar-refractivity contribution in [2.45, 2.75) is 50.0 Å². The van der Waals surface area contributed by atoms with Crippen LogP contribution in [0.2, 0.25) is 0 Å². The van der Waals surface area contributed by atoms with Crippen LogP contribution in [0.3, 0.4) is 0 Å². The van der Waals surface area contributed by atoms with Crippen molar-refractivity contribution in [2.24, 2.45) is 11.7 Å². The van der Waals surface area contributed by atoms with E-state index < -0.39 is 0 Å². The molecule has 0 heterocycles. The molecule has 0 amide bonds. The van der Waals surface area contributed by atoms with Gasteiger partial charge in [-0.15, -0.1) is 24.2 Å². The third-order valence-corrected chi connectivity index (χ3v) is 4.63. The van der Waals surface area contributed by atoms with Crippen molar-refractivity contribution in [2.75, 3.05) is 5.75 Å². The first kappa shape index (κ1) is 15.9. The molecular weight excluding hydrogens is 262 g/mol. The molecule has 1 saturated carbocycles. The number of halogens is 1. The summed E-state index contributed by atoms with van der Waals surface area (Å²) in [5.74, 6) is 1.84. The second-order valence-corrected chi connectivity index (χ2v) is 6.26. The molecule has 1 aromatic carbocycles. The van der Waals surface area contributed by atoms with Gasteiger partial charge in [0.1, 0.15) is 0 Å². The van der Waals surface area contributed by atoms with Gasteiger partial charge in [0.05, 0.1) is 0 Å². The van der Waals surface area contributed by atoms with Gasteiger partial charge in [-0.05, 0) is 42.2 Å². The smallest absolute Gasteiger partial charge is 0.0323 e. The lowest BCUT2D eigenvalue weighted by molar-refractivity contribution is 0.308. The maximum atomic E-state index is 6.39. The Labute approximate surface area is 121 Å². The largest absolute Gasteiger partial charge is 0.324 e. The van der Waals surface area contributed by atoms with E-state index in [4.69, 9.17) is 5.73 Å². The lowest BCUT2D eigenvalue weighted by atomic mass is 9.81. The molecule has 0 bridgehead atoms. The van der Waals surface area contributed by atoms with Crippen LogP contribution in [0.25, 0.3) is 0 Å². The number of hydrogen-bond donors (Lipinski definition) is 1. The van der Waals surface area contributed by atoms with E-state index in [9.17, 15) is 0 Å². The van der Waals surface area contributed by atoms with Gasteiger partial charge in [0.25, 0.3) is 0 Å². The fraction of sp³-hybridized carbons (Fsp3) is 0.600. The minimum Gasteiger partial charge on any atom is -0.324 e. The summed E-state index contributed by atoms with van der Waals surface area (Å²) in [7, 11) is 0. The molecule has 0 unspecified atom stereocenters. The summed E-state index contributed by atoms with van der Waals surface area (Å²) in [6.07, 6.45) is 6.75. The number of thioether (sulfide) groups is 1. The van der Waals surface area contributed by atoms with Gasteiger partial charge in [-0.1, -0.05) is 38.3 Å². The molecule has 102 valence electrons. The van der Waals surface area contributed by atoms with E-state index in [1.807, 2.05) is 11.8 Å². The van der Waals surface area contributed by atoms with Gasteiger partial charge in [0.15, 0.2) is 0 Å². The van der Waals surface area contributed by atoms with Crippen molar-refractivity contribution in [3.05, 3.63) is 29.8 Å². The molecule has 1 fully saturated rings. The third kappa shape index (κ3) is 4.18. The minimum absolute atomic E-state index is 0. The average Bonchev–Trinajstić information content (AvgIpc) is 2.40. The summed E-state index contributed by atoms with van der Waals surface area (Å²) in [6.45, 7) is 2.19. The lowest BCUT2D eigenvalue weighted by Gasteiger charge is -2.27. The van der Waals surface area contributed by atoms with Gasteiger partial charge in [0.2, 0.25) is 0 Å². The Morgan fingerprint density at radius 2 is 1.78 bits per heavy atom. The molecule has 1 aliphatic rings. The summed E-state index contributed by atoms with van der Waals surface area (Å²) in [5.41, 5.74) is 7.70. The highest BCUT2D eigenvalue weighted by molar-refractivity contribution is 7.99. The zero-order valence-electron chi connectivity index (χ0n) is 11.1. The Morgan fingerprint density at radius 1 is 1.17 bits per heavy atom. The summed E-state index contributed by atoms with van der Waals surface area (Å²) in [5, 5.41) is 0. The zero-order chi connectivity index (χ0) is 12.1. The lowest BCUT2D eigenvalue weighted by Crippen LogP contribution is -2.23. The van der Waals surface area contributed by atoms with Gasteiger partial charge < -0.3 is 5.73 Å². The molecule has 0 aromatic heterocycles. The van der Waals surface area contributed by atoms with Crippen LogP contribution in [0.15, 0.2) is 29.2 Å². The number of benzene rings is 1. The van der Waals surface area contributed by atoms with Crippen LogP contribution in [0, 0.1) is 5.92 Å². The van der Waals surface area contributed by atoms with Gasteiger partial charge in [-0.25, -0.2) is 0 Å². The van der Waals surface area contributed by atoms with Crippen molar-refractivity contribution >= 4 is 24.2 Å². The van der Waals surface area contributed by atoms with Crippen LogP contribution in [0.1, 0.15) is 50.6 Å². The van der Waals surface area contributed by atoms with Crippen LogP contribution >= 0.6 is 24.2 Å². The van der Waals surface area contributed by atoms with E-state index in [2.05, 4.69) is 31.2 Å². The van der Waals surface area contributed by atoms with Crippen LogP contribution in [0.4, 0.5) is 0 Å². The first-order valence-electron chi connectivity index (χ1n) is 6.79. The van der Waals surface area contributed by atoms with Crippen LogP contribution in [-0.4, -0.2) is 5.75 Å². The fourth-order valence-corrected chi connectivity index (χ4v) is 3.38. The Balaban J connectivity index is 0.00000162. The monoisotopic (exact) mass is 285 g/mol. The molecule has 0 aliphatic heterocycles. The van der Waals surface area contributed by atoms with Crippen molar-refractivity contribution in [3.8, 4) is 0 Å². The zero-order valence-corrected chi connectivity index (χ0v) is 12.7. The molecule has 0 saturated heterocycles. The number of nitrogens with two attached hydrogens (primary N) is 1. The topological polar surface area (TPSA) is 26.0 Å². The Kier molecular flexibility index (Phi) is 7.13. The van der Waals surface area contributed by atoms with Crippen LogP contribution in [0.5, 0.6) is 0 Å². The molecule has 2 rings (SSSR count). The van der Waals surface area contributed by atoms with Crippen LogP contribution < -0.4 is 5.73 Å². The molecule has 3 heteroatoms. The maximum Gasteiger partial charge on any atom is 0.0323 e. The molecule has 1 nitrogen and oxygen atoms in total. The van der Waals surface area contributed by atoms with Crippen molar-refractivity contribution in [1.29, 1.82) is 0 Å². The first-order valence-corrected chi connectivity index (χ1v) is 7.78. The molecule has 0 radical (unpaired) electrons. The van der Waals surface area contributed by atoms with Crippen molar-refractivity contribution in [1.82, 2.24) is 0 Å². The molecule has 1 atom stereocenters. The Hall–Kier alpha value is -0.180. The molecule has 2 N–H and O–H groups in total. The Morgan fingerprint density at radius 3 is 2.33 bits per heavy atom. The summed E-state index contributed by atoms with van der Waals surface area (Å²) < 4.78 is 0. The van der Waals surface area contributed by atoms with Crippen molar-refractivity contribution < 1.29 is 0 Å². The second-order valence-electron chi connectivity index (χ2n) is 4.93. The van der Waals surface area contributed by atoms with Crippen LogP contribution in [-0.2, 0) is 0 Å². The predicted octanol–water partition coefficient (Wildman–Crippen LogP) is 4.80.